The predicted molar refractivity (Wildman–Crippen MR) is 95.8 cm³/mol. The topological polar surface area (TPSA) is 58.1 Å². The Kier molecular flexibility index (Phi) is 5.00. The predicted octanol–water partition coefficient (Wildman–Crippen LogP) is 4.05. The van der Waals surface area contributed by atoms with Crippen molar-refractivity contribution in [3.63, 3.8) is 0 Å². The van der Waals surface area contributed by atoms with Gasteiger partial charge in [0, 0.05) is 23.8 Å². The van der Waals surface area contributed by atoms with E-state index in [1.54, 1.807) is 12.1 Å². The first kappa shape index (κ1) is 16.7. The van der Waals surface area contributed by atoms with Crippen LogP contribution in [0.3, 0.4) is 0 Å². The first-order valence-corrected chi connectivity index (χ1v) is 8.57. The zero-order chi connectivity index (χ0) is 17.1. The maximum Gasteiger partial charge on any atom is 0.274 e. The number of hydrogen-bond acceptors (Lipinski definition) is 4. The molecule has 0 bridgehead atoms. The maximum atomic E-state index is 12.5. The molecule has 5 nitrogen and oxygen atoms in total. The van der Waals surface area contributed by atoms with Crippen molar-refractivity contribution in [2.24, 2.45) is 5.92 Å². The molecular formula is C18H21ClN4O. The smallest absolute Gasteiger partial charge is 0.274 e. The lowest BCUT2D eigenvalue weighted by atomic mass is 9.99. The van der Waals surface area contributed by atoms with Gasteiger partial charge in [-0.2, -0.15) is 0 Å². The summed E-state index contributed by atoms with van der Waals surface area (Å²) in [4.78, 5) is 14.3. The second-order valence-corrected chi connectivity index (χ2v) is 6.72. The summed E-state index contributed by atoms with van der Waals surface area (Å²) in [5.41, 5.74) is 2.21. The molecule has 0 spiro atoms. The third-order valence-corrected chi connectivity index (χ3v) is 4.89. The van der Waals surface area contributed by atoms with Crippen molar-refractivity contribution < 1.29 is 4.79 Å². The lowest BCUT2D eigenvalue weighted by Gasteiger charge is -2.29. The Morgan fingerprint density at radius 3 is 2.62 bits per heavy atom. The first-order chi connectivity index (χ1) is 11.5. The minimum Gasteiger partial charge on any atom is -0.338 e. The van der Waals surface area contributed by atoms with Crippen LogP contribution in [0.4, 0.5) is 11.5 Å². The lowest BCUT2D eigenvalue weighted by molar-refractivity contribution is 0.0690. The fraction of sp³-hybridized carbons (Fsp3) is 0.389. The Morgan fingerprint density at radius 2 is 1.96 bits per heavy atom. The Morgan fingerprint density at radius 1 is 1.21 bits per heavy atom. The van der Waals surface area contributed by atoms with Crippen LogP contribution in [0.15, 0.2) is 30.3 Å². The average Bonchev–Trinajstić information content (AvgIpc) is 2.60. The molecule has 1 fully saturated rings. The number of piperidine rings is 1. The van der Waals surface area contributed by atoms with Gasteiger partial charge in [-0.1, -0.05) is 24.6 Å². The highest BCUT2D eigenvalue weighted by Crippen LogP contribution is 2.25. The van der Waals surface area contributed by atoms with Crippen LogP contribution in [0.25, 0.3) is 0 Å². The van der Waals surface area contributed by atoms with Crippen LogP contribution in [0.5, 0.6) is 0 Å². The van der Waals surface area contributed by atoms with Gasteiger partial charge in [-0.3, -0.25) is 4.79 Å². The molecule has 1 saturated heterocycles. The lowest BCUT2D eigenvalue weighted by Crippen LogP contribution is -2.38. The second-order valence-electron chi connectivity index (χ2n) is 6.32. The summed E-state index contributed by atoms with van der Waals surface area (Å²) in [6, 6.07) is 9.13. The van der Waals surface area contributed by atoms with E-state index in [4.69, 9.17) is 11.6 Å². The van der Waals surface area contributed by atoms with Crippen molar-refractivity contribution in [2.75, 3.05) is 18.4 Å². The van der Waals surface area contributed by atoms with Crippen LogP contribution in [-0.4, -0.2) is 34.1 Å². The molecule has 1 N–H and O–H groups in total. The molecule has 0 atom stereocenters. The van der Waals surface area contributed by atoms with Gasteiger partial charge in [0.1, 0.15) is 0 Å². The van der Waals surface area contributed by atoms with Gasteiger partial charge in [0.15, 0.2) is 11.5 Å². The minimum absolute atomic E-state index is 0.0418. The van der Waals surface area contributed by atoms with E-state index in [0.717, 1.165) is 37.2 Å². The number of nitrogens with one attached hydrogen (secondary N) is 1. The number of benzene rings is 1. The average molecular weight is 345 g/mol. The molecule has 1 amide bonds. The van der Waals surface area contributed by atoms with E-state index in [2.05, 4.69) is 22.4 Å². The molecule has 2 aromatic rings. The van der Waals surface area contributed by atoms with Gasteiger partial charge < -0.3 is 10.2 Å². The molecule has 126 valence electrons. The van der Waals surface area contributed by atoms with Crippen molar-refractivity contribution in [1.82, 2.24) is 15.1 Å². The molecule has 0 aliphatic carbocycles. The van der Waals surface area contributed by atoms with Crippen molar-refractivity contribution in [1.29, 1.82) is 0 Å². The fourth-order valence-electron chi connectivity index (χ4n) is 2.77. The van der Waals surface area contributed by atoms with E-state index in [1.807, 2.05) is 30.0 Å². The van der Waals surface area contributed by atoms with Crippen LogP contribution < -0.4 is 5.32 Å². The molecule has 2 heterocycles. The van der Waals surface area contributed by atoms with E-state index in [0.29, 0.717) is 22.5 Å². The molecule has 0 unspecified atom stereocenters. The van der Waals surface area contributed by atoms with Gasteiger partial charge in [-0.15, -0.1) is 10.2 Å². The summed E-state index contributed by atoms with van der Waals surface area (Å²) in [7, 11) is 0. The highest BCUT2D eigenvalue weighted by Gasteiger charge is 2.22. The third-order valence-electron chi connectivity index (χ3n) is 4.48. The van der Waals surface area contributed by atoms with Gasteiger partial charge in [-0.25, -0.2) is 0 Å². The normalized spacial score (nSPS) is 15.4. The Hall–Kier alpha value is -2.14. The largest absolute Gasteiger partial charge is 0.338 e. The molecule has 1 aromatic heterocycles. The van der Waals surface area contributed by atoms with E-state index in [-0.39, 0.29) is 5.91 Å². The summed E-state index contributed by atoms with van der Waals surface area (Å²) in [6.45, 7) is 5.75. The fourth-order valence-corrected chi connectivity index (χ4v) is 2.94. The summed E-state index contributed by atoms with van der Waals surface area (Å²) in [5, 5.41) is 12.1. The number of amides is 1. The van der Waals surface area contributed by atoms with Gasteiger partial charge >= 0.3 is 0 Å². The van der Waals surface area contributed by atoms with E-state index in [9.17, 15) is 4.79 Å². The number of anilines is 2. The Labute approximate surface area is 147 Å². The van der Waals surface area contributed by atoms with Crippen LogP contribution in [0.2, 0.25) is 5.02 Å². The number of aromatic nitrogens is 2. The van der Waals surface area contributed by atoms with Crippen LogP contribution in [-0.2, 0) is 0 Å². The van der Waals surface area contributed by atoms with Gasteiger partial charge in [-0.05, 0) is 55.5 Å². The van der Waals surface area contributed by atoms with Crippen LogP contribution in [0, 0.1) is 12.8 Å². The van der Waals surface area contributed by atoms with E-state index < -0.39 is 0 Å². The zero-order valence-electron chi connectivity index (χ0n) is 13.9. The van der Waals surface area contributed by atoms with Crippen molar-refractivity contribution in [3.05, 3.63) is 46.6 Å². The Balaban J connectivity index is 1.69. The van der Waals surface area contributed by atoms with Gasteiger partial charge in [0.05, 0.1) is 0 Å². The summed E-state index contributed by atoms with van der Waals surface area (Å²) in [6.07, 6.45) is 2.10. The maximum absolute atomic E-state index is 12.5. The van der Waals surface area contributed by atoms with Crippen LogP contribution in [0.1, 0.15) is 35.8 Å². The molecule has 1 aliphatic heterocycles. The van der Waals surface area contributed by atoms with E-state index in [1.165, 1.54) is 0 Å². The third kappa shape index (κ3) is 3.67. The molecule has 1 aliphatic rings. The molecule has 1 aromatic carbocycles. The number of halogens is 1. The molecular weight excluding hydrogens is 324 g/mol. The van der Waals surface area contributed by atoms with Gasteiger partial charge in [0.2, 0.25) is 0 Å². The number of hydrogen-bond donors (Lipinski definition) is 1. The number of likely N-dealkylation sites (tertiary alicyclic amines) is 1. The van der Waals surface area contributed by atoms with Crippen molar-refractivity contribution in [3.8, 4) is 0 Å². The van der Waals surface area contributed by atoms with Crippen molar-refractivity contribution in [2.45, 2.75) is 26.7 Å². The summed E-state index contributed by atoms with van der Waals surface area (Å²) < 4.78 is 0. The minimum atomic E-state index is -0.0418. The molecule has 0 radical (unpaired) electrons. The van der Waals surface area contributed by atoms with Crippen molar-refractivity contribution >= 4 is 29.0 Å². The monoisotopic (exact) mass is 344 g/mol. The number of carbonyl (C=O) groups is 1. The number of carbonyl (C=O) groups excluding carboxylic acids is 1. The summed E-state index contributed by atoms with van der Waals surface area (Å²) in [5.74, 6) is 1.23. The van der Waals surface area contributed by atoms with Gasteiger partial charge in [0.25, 0.3) is 5.91 Å². The Bertz CT molecular complexity index is 724. The first-order valence-electron chi connectivity index (χ1n) is 8.19. The standard InChI is InChI=1S/C18H21ClN4O/c1-12-8-10-23(11-9-12)18(24)16-6-7-17(22-21-16)20-15-5-3-4-14(19)13(15)2/h3-7,12H,8-11H2,1-2H3,(H,20,22). The number of nitrogens with zero attached hydrogens (tertiary/aromatic N) is 3. The highest BCUT2D eigenvalue weighted by atomic mass is 35.5. The quantitative estimate of drug-likeness (QED) is 0.912. The molecule has 6 heteroatoms. The summed E-state index contributed by atoms with van der Waals surface area (Å²) >= 11 is 6.12. The SMILES string of the molecule is Cc1c(Cl)cccc1Nc1ccc(C(=O)N2CCC(C)CC2)nn1. The number of rotatable bonds is 3. The molecule has 3 rings (SSSR count). The van der Waals surface area contributed by atoms with E-state index >= 15 is 0 Å². The molecule has 0 saturated carbocycles. The van der Waals surface area contributed by atoms with Crippen LogP contribution >= 0.6 is 11.6 Å². The highest BCUT2D eigenvalue weighted by molar-refractivity contribution is 6.31. The second kappa shape index (κ2) is 7.18. The zero-order valence-corrected chi connectivity index (χ0v) is 14.7. The molecule has 24 heavy (non-hydrogen) atoms.